The van der Waals surface area contributed by atoms with Crippen molar-refractivity contribution in [3.8, 4) is 34.6 Å². The van der Waals surface area contributed by atoms with E-state index in [4.69, 9.17) is 4.42 Å². The Hall–Kier alpha value is -7.08. The van der Waals surface area contributed by atoms with Crippen molar-refractivity contribution in [3.05, 3.63) is 157 Å². The van der Waals surface area contributed by atoms with Gasteiger partial charge in [0.2, 0.25) is 0 Å². The van der Waals surface area contributed by atoms with Gasteiger partial charge in [0, 0.05) is 43.7 Å². The van der Waals surface area contributed by atoms with Gasteiger partial charge in [-0.15, -0.1) is 0 Å². The fourth-order valence-electron chi connectivity index (χ4n) is 7.59. The predicted octanol–water partition coefficient (Wildman–Crippen LogP) is 11.2. The number of nitriles is 2. The van der Waals surface area contributed by atoms with Gasteiger partial charge < -0.3 is 13.6 Å². The molecule has 0 fully saturated rings. The summed E-state index contributed by atoms with van der Waals surface area (Å²) in [5.41, 5.74) is 11.3. The highest BCUT2D eigenvalue weighted by Gasteiger charge is 2.19. The first kappa shape index (κ1) is 27.1. The summed E-state index contributed by atoms with van der Waals surface area (Å²) in [5, 5.41) is 25.7. The van der Waals surface area contributed by atoms with E-state index in [-0.39, 0.29) is 0 Å². The molecule has 226 valence electrons. The summed E-state index contributed by atoms with van der Waals surface area (Å²) < 4.78 is 11.1. The molecule has 0 amide bonds. The summed E-state index contributed by atoms with van der Waals surface area (Å²) in [7, 11) is 0. The number of benzene rings is 7. The second-order valence-electron chi connectivity index (χ2n) is 12.4. The second-order valence-corrected chi connectivity index (χ2v) is 12.4. The van der Waals surface area contributed by atoms with Crippen molar-refractivity contribution < 1.29 is 4.42 Å². The fraction of sp³-hybridized carbons (Fsp3) is 0. The Bertz CT molecular complexity index is 3010. The van der Waals surface area contributed by atoms with Crippen LogP contribution < -0.4 is 0 Å². The number of aromatic nitrogens is 2. The van der Waals surface area contributed by atoms with Crippen LogP contribution in [0.15, 0.2) is 150 Å². The lowest BCUT2D eigenvalue weighted by Gasteiger charge is -2.13. The third kappa shape index (κ3) is 3.91. The standard InChI is InChI=1S/C44H24N4O/c45-25-27-15-19-40-37(21-27)38-22-28(26-46)16-20-41(38)47(40)31-9-5-7-29(23-31)30-8-6-10-32(24-30)48-39-13-3-1-11-33(39)35-17-18-36-34-12-2-4-14-42(34)49-44(36)43(35)48/h1-24H. The molecule has 5 heteroatoms. The van der Waals surface area contributed by atoms with Gasteiger partial charge >= 0.3 is 0 Å². The van der Waals surface area contributed by atoms with Gasteiger partial charge in [0.1, 0.15) is 5.58 Å². The molecule has 3 aromatic heterocycles. The summed E-state index contributed by atoms with van der Waals surface area (Å²) in [6, 6.07) is 54.4. The second kappa shape index (κ2) is 10.2. The van der Waals surface area contributed by atoms with Crippen LogP contribution in [-0.4, -0.2) is 9.13 Å². The van der Waals surface area contributed by atoms with E-state index in [0.717, 1.165) is 82.7 Å². The summed E-state index contributed by atoms with van der Waals surface area (Å²) in [6.07, 6.45) is 0. The highest BCUT2D eigenvalue weighted by molar-refractivity contribution is 6.21. The van der Waals surface area contributed by atoms with Gasteiger partial charge in [-0.1, -0.05) is 66.7 Å². The Balaban J connectivity index is 1.18. The molecule has 0 aliphatic heterocycles. The van der Waals surface area contributed by atoms with Gasteiger partial charge in [0.25, 0.3) is 0 Å². The minimum Gasteiger partial charge on any atom is -0.454 e. The molecule has 0 aliphatic rings. The number of fused-ring (bicyclic) bond motifs is 10. The van der Waals surface area contributed by atoms with Crippen molar-refractivity contribution in [2.75, 3.05) is 0 Å². The van der Waals surface area contributed by atoms with Crippen molar-refractivity contribution in [2.24, 2.45) is 0 Å². The Kier molecular flexibility index (Phi) is 5.64. The smallest absolute Gasteiger partial charge is 0.160 e. The van der Waals surface area contributed by atoms with Gasteiger partial charge in [0.05, 0.1) is 45.3 Å². The lowest BCUT2D eigenvalue weighted by atomic mass is 10.0. The number of rotatable bonds is 3. The Morgan fingerprint density at radius 2 is 1.00 bits per heavy atom. The third-order valence-corrected chi connectivity index (χ3v) is 9.74. The summed E-state index contributed by atoms with van der Waals surface area (Å²) in [4.78, 5) is 0. The van der Waals surface area contributed by atoms with E-state index in [0.29, 0.717) is 11.1 Å². The number of para-hydroxylation sites is 2. The number of hydrogen-bond acceptors (Lipinski definition) is 3. The molecule has 0 spiro atoms. The maximum atomic E-state index is 9.63. The Morgan fingerprint density at radius 1 is 0.429 bits per heavy atom. The van der Waals surface area contributed by atoms with Gasteiger partial charge in [-0.2, -0.15) is 10.5 Å². The minimum absolute atomic E-state index is 0.587. The van der Waals surface area contributed by atoms with Gasteiger partial charge in [0.15, 0.2) is 5.58 Å². The van der Waals surface area contributed by atoms with E-state index in [1.807, 2.05) is 48.5 Å². The van der Waals surface area contributed by atoms with Gasteiger partial charge in [-0.25, -0.2) is 0 Å². The first-order valence-corrected chi connectivity index (χ1v) is 16.1. The van der Waals surface area contributed by atoms with Crippen molar-refractivity contribution in [3.63, 3.8) is 0 Å². The van der Waals surface area contributed by atoms with Crippen LogP contribution in [-0.2, 0) is 0 Å². The van der Waals surface area contributed by atoms with E-state index < -0.39 is 0 Å². The van der Waals surface area contributed by atoms with E-state index in [2.05, 4.69) is 118 Å². The summed E-state index contributed by atoms with van der Waals surface area (Å²) >= 11 is 0. The van der Waals surface area contributed by atoms with Crippen molar-refractivity contribution >= 4 is 65.6 Å². The summed E-state index contributed by atoms with van der Waals surface area (Å²) in [5.74, 6) is 0. The zero-order valence-electron chi connectivity index (χ0n) is 26.1. The van der Waals surface area contributed by atoms with Crippen LogP contribution in [0.4, 0.5) is 0 Å². The maximum absolute atomic E-state index is 9.63. The van der Waals surface area contributed by atoms with Crippen molar-refractivity contribution in [1.29, 1.82) is 10.5 Å². The summed E-state index contributed by atoms with van der Waals surface area (Å²) in [6.45, 7) is 0. The molecule has 7 aromatic carbocycles. The highest BCUT2D eigenvalue weighted by atomic mass is 16.3. The molecule has 49 heavy (non-hydrogen) atoms. The quantitative estimate of drug-likeness (QED) is 0.196. The zero-order valence-corrected chi connectivity index (χ0v) is 26.1. The normalized spacial score (nSPS) is 11.6. The van der Waals surface area contributed by atoms with Crippen LogP contribution >= 0.6 is 0 Å². The zero-order chi connectivity index (χ0) is 32.6. The fourth-order valence-corrected chi connectivity index (χ4v) is 7.59. The maximum Gasteiger partial charge on any atom is 0.160 e. The highest BCUT2D eigenvalue weighted by Crippen LogP contribution is 2.41. The molecule has 5 nitrogen and oxygen atoms in total. The monoisotopic (exact) mass is 624 g/mol. The number of furan rings is 1. The Labute approximate surface area is 280 Å². The van der Waals surface area contributed by atoms with Crippen LogP contribution in [0.25, 0.3) is 88.1 Å². The van der Waals surface area contributed by atoms with Crippen LogP contribution in [0, 0.1) is 22.7 Å². The van der Waals surface area contributed by atoms with E-state index in [9.17, 15) is 10.5 Å². The minimum atomic E-state index is 0.587. The lowest BCUT2D eigenvalue weighted by Crippen LogP contribution is -1.96. The van der Waals surface area contributed by atoms with Crippen LogP contribution in [0.3, 0.4) is 0 Å². The molecule has 0 saturated heterocycles. The van der Waals surface area contributed by atoms with Crippen molar-refractivity contribution in [1.82, 2.24) is 9.13 Å². The molecule has 0 atom stereocenters. The van der Waals surface area contributed by atoms with E-state index in [1.165, 1.54) is 5.39 Å². The Morgan fingerprint density at radius 3 is 1.67 bits per heavy atom. The third-order valence-electron chi connectivity index (χ3n) is 9.74. The first-order chi connectivity index (χ1) is 24.2. The molecular weight excluding hydrogens is 601 g/mol. The molecule has 3 heterocycles. The van der Waals surface area contributed by atoms with E-state index in [1.54, 1.807) is 0 Å². The largest absolute Gasteiger partial charge is 0.454 e. The first-order valence-electron chi connectivity index (χ1n) is 16.1. The van der Waals surface area contributed by atoms with Crippen molar-refractivity contribution in [2.45, 2.75) is 0 Å². The van der Waals surface area contributed by atoms with Crippen LogP contribution in [0.2, 0.25) is 0 Å². The molecule has 10 rings (SSSR count). The number of nitrogens with zero attached hydrogens (tertiary/aromatic N) is 4. The molecule has 0 saturated carbocycles. The molecular formula is C44H24N4O. The predicted molar refractivity (Wildman–Crippen MR) is 197 cm³/mol. The van der Waals surface area contributed by atoms with Gasteiger partial charge in [-0.05, 0) is 90.0 Å². The number of hydrogen-bond donors (Lipinski definition) is 0. The molecule has 0 aliphatic carbocycles. The lowest BCUT2D eigenvalue weighted by molar-refractivity contribution is 0.671. The molecule has 0 radical (unpaired) electrons. The van der Waals surface area contributed by atoms with Crippen LogP contribution in [0.1, 0.15) is 11.1 Å². The molecule has 0 N–H and O–H groups in total. The van der Waals surface area contributed by atoms with Gasteiger partial charge in [-0.3, -0.25) is 0 Å². The molecule has 0 unspecified atom stereocenters. The molecule has 0 bridgehead atoms. The average Bonchev–Trinajstić information content (AvgIpc) is 3.82. The average molecular weight is 625 g/mol. The van der Waals surface area contributed by atoms with Crippen LogP contribution in [0.5, 0.6) is 0 Å². The topological polar surface area (TPSA) is 70.6 Å². The SMILES string of the molecule is N#Cc1ccc2c(c1)c1cc(C#N)ccc1n2-c1cccc(-c2cccc(-n3c4ccccc4c4ccc5c6ccccc6oc5c43)c2)c1. The van der Waals surface area contributed by atoms with E-state index >= 15 is 0 Å². The molecule has 10 aromatic rings.